The van der Waals surface area contributed by atoms with Crippen LogP contribution in [-0.4, -0.2) is 45.3 Å². The van der Waals surface area contributed by atoms with Gasteiger partial charge in [-0.1, -0.05) is 91.0 Å². The molecule has 4 atom stereocenters. The second-order valence-electron chi connectivity index (χ2n) is 8.55. The van der Waals surface area contributed by atoms with Crippen molar-refractivity contribution >= 4 is 0 Å². The van der Waals surface area contributed by atoms with Gasteiger partial charge in [-0.3, -0.25) is 5.10 Å². The highest BCUT2D eigenvalue weighted by Crippen LogP contribution is 2.26. The summed E-state index contributed by atoms with van der Waals surface area (Å²) in [6.45, 7) is 0.832. The highest BCUT2D eigenvalue weighted by atomic mass is 16.6. The minimum atomic E-state index is -1.11. The van der Waals surface area contributed by atoms with E-state index in [9.17, 15) is 10.2 Å². The minimum absolute atomic E-state index is 0.00917. The first-order valence-electron chi connectivity index (χ1n) is 12.0. The van der Waals surface area contributed by atoms with Crippen molar-refractivity contribution in [1.82, 2.24) is 10.2 Å². The van der Waals surface area contributed by atoms with Crippen molar-refractivity contribution in [3.63, 3.8) is 0 Å². The monoisotopic (exact) mass is 488 g/mol. The summed E-state index contributed by atoms with van der Waals surface area (Å²) >= 11 is 0. The lowest BCUT2D eigenvalue weighted by atomic mass is 10.00. The number of hydrogen-bond donors (Lipinski definition) is 3. The molecule has 4 rings (SSSR count). The molecule has 0 aliphatic rings. The highest BCUT2D eigenvalue weighted by molar-refractivity contribution is 5.15. The fraction of sp³-hybridized carbons (Fsp3) is 0.276. The van der Waals surface area contributed by atoms with Crippen LogP contribution in [0.4, 0.5) is 0 Å². The van der Waals surface area contributed by atoms with Gasteiger partial charge in [0.15, 0.2) is 0 Å². The smallest absolute Gasteiger partial charge is 0.124 e. The third-order valence-corrected chi connectivity index (χ3v) is 5.83. The van der Waals surface area contributed by atoms with E-state index >= 15 is 0 Å². The minimum Gasteiger partial charge on any atom is -0.388 e. The second kappa shape index (κ2) is 13.7. The maximum Gasteiger partial charge on any atom is 0.124 e. The van der Waals surface area contributed by atoms with Gasteiger partial charge < -0.3 is 24.4 Å². The van der Waals surface area contributed by atoms with Gasteiger partial charge in [0.05, 0.1) is 32.1 Å². The molecule has 1 aromatic heterocycles. The highest BCUT2D eigenvalue weighted by Gasteiger charge is 2.37. The summed E-state index contributed by atoms with van der Waals surface area (Å²) in [6.07, 6.45) is -2.39. The van der Waals surface area contributed by atoms with Crippen molar-refractivity contribution in [2.75, 3.05) is 6.61 Å². The first-order valence-corrected chi connectivity index (χ1v) is 12.0. The third kappa shape index (κ3) is 7.58. The average molecular weight is 489 g/mol. The lowest BCUT2D eigenvalue weighted by Crippen LogP contribution is -2.46. The molecule has 7 heteroatoms. The summed E-state index contributed by atoms with van der Waals surface area (Å²) in [7, 11) is 0. The van der Waals surface area contributed by atoms with E-state index in [2.05, 4.69) is 10.2 Å². The lowest BCUT2D eigenvalue weighted by molar-refractivity contribution is -0.178. The normalized spacial score (nSPS) is 14.7. The molecule has 0 aliphatic heterocycles. The summed E-state index contributed by atoms with van der Waals surface area (Å²) in [4.78, 5) is 0. The number of ether oxygens (including phenoxy) is 3. The van der Waals surface area contributed by atoms with Crippen LogP contribution in [-0.2, 0) is 34.0 Å². The van der Waals surface area contributed by atoms with Crippen LogP contribution in [0.15, 0.2) is 103 Å². The second-order valence-corrected chi connectivity index (χ2v) is 8.55. The molecule has 0 saturated carbocycles. The van der Waals surface area contributed by atoms with E-state index in [0.29, 0.717) is 12.3 Å². The van der Waals surface area contributed by atoms with E-state index < -0.39 is 24.4 Å². The summed E-state index contributed by atoms with van der Waals surface area (Å²) in [5.41, 5.74) is 3.35. The van der Waals surface area contributed by atoms with Gasteiger partial charge in [0, 0.05) is 6.20 Å². The van der Waals surface area contributed by atoms with E-state index in [-0.39, 0.29) is 19.8 Å². The van der Waals surface area contributed by atoms with Gasteiger partial charge in [-0.05, 0) is 22.8 Å². The first kappa shape index (κ1) is 25.8. The van der Waals surface area contributed by atoms with Crippen molar-refractivity contribution < 1.29 is 24.4 Å². The molecule has 3 aromatic carbocycles. The van der Waals surface area contributed by atoms with E-state index in [0.717, 1.165) is 16.7 Å². The predicted molar refractivity (Wildman–Crippen MR) is 136 cm³/mol. The van der Waals surface area contributed by atoms with Crippen LogP contribution in [0.25, 0.3) is 0 Å². The van der Waals surface area contributed by atoms with Crippen molar-refractivity contribution in [2.45, 2.75) is 44.2 Å². The fourth-order valence-electron chi connectivity index (χ4n) is 3.90. The zero-order chi connectivity index (χ0) is 25.0. The number of hydrogen-bond acceptors (Lipinski definition) is 6. The Morgan fingerprint density at radius 2 is 1.14 bits per heavy atom. The largest absolute Gasteiger partial charge is 0.388 e. The zero-order valence-corrected chi connectivity index (χ0v) is 20.0. The molecule has 1 heterocycles. The number of nitrogens with zero attached hydrogens (tertiary/aromatic N) is 1. The van der Waals surface area contributed by atoms with Gasteiger partial charge >= 0.3 is 0 Å². The van der Waals surface area contributed by atoms with E-state index in [1.54, 1.807) is 12.3 Å². The summed E-state index contributed by atoms with van der Waals surface area (Å²) in [5.74, 6) is 0. The Bertz CT molecular complexity index is 1110. The number of rotatable bonds is 14. The molecule has 0 aliphatic carbocycles. The maximum atomic E-state index is 11.2. The van der Waals surface area contributed by atoms with Crippen molar-refractivity contribution in [1.29, 1.82) is 0 Å². The Balaban J connectivity index is 1.52. The van der Waals surface area contributed by atoms with Crippen LogP contribution >= 0.6 is 0 Å². The van der Waals surface area contributed by atoms with Gasteiger partial charge in [0.2, 0.25) is 0 Å². The predicted octanol–water partition coefficient (Wildman–Crippen LogP) is 4.19. The van der Waals surface area contributed by atoms with Gasteiger partial charge in [-0.2, -0.15) is 5.10 Å². The topological polar surface area (TPSA) is 96.8 Å². The standard InChI is InChI=1S/C29H32N2O5/c32-26(21-34-18-22-10-4-1-5-11-22)28(35-19-23-12-6-2-7-13-23)29(27(33)25-16-17-30-31-25)36-20-24-14-8-3-9-15-24/h1-17,26-29,32-33H,18-21H2,(H,30,31)/t26-,27?,28-,29+/m1/s1. The molecule has 0 bridgehead atoms. The van der Waals surface area contributed by atoms with Gasteiger partial charge in [0.1, 0.15) is 24.4 Å². The zero-order valence-electron chi connectivity index (χ0n) is 20.0. The third-order valence-electron chi connectivity index (χ3n) is 5.83. The van der Waals surface area contributed by atoms with Crippen LogP contribution in [0.5, 0.6) is 0 Å². The summed E-state index contributed by atoms with van der Waals surface area (Å²) in [6, 6.07) is 30.8. The molecule has 36 heavy (non-hydrogen) atoms. The molecule has 4 aromatic rings. The Labute approximate surface area is 211 Å². The van der Waals surface area contributed by atoms with Crippen LogP contribution in [0.3, 0.4) is 0 Å². The number of benzene rings is 3. The Hall–Kier alpha value is -3.33. The molecule has 0 amide bonds. The van der Waals surface area contributed by atoms with Crippen LogP contribution in [0.1, 0.15) is 28.5 Å². The van der Waals surface area contributed by atoms with Gasteiger partial charge in [0.25, 0.3) is 0 Å². The number of H-pyrrole nitrogens is 1. The Morgan fingerprint density at radius 1 is 0.639 bits per heavy atom. The quantitative estimate of drug-likeness (QED) is 0.246. The number of aliphatic hydroxyl groups is 2. The van der Waals surface area contributed by atoms with Gasteiger partial charge in [-0.15, -0.1) is 0 Å². The molecule has 0 radical (unpaired) electrons. The number of aromatic nitrogens is 2. The molecular formula is C29H32N2O5. The lowest BCUT2D eigenvalue weighted by Gasteiger charge is -2.33. The molecule has 3 N–H and O–H groups in total. The molecule has 0 saturated heterocycles. The number of aromatic amines is 1. The van der Waals surface area contributed by atoms with Crippen molar-refractivity contribution in [2.24, 2.45) is 0 Å². The summed E-state index contributed by atoms with van der Waals surface area (Å²) < 4.78 is 18.2. The van der Waals surface area contributed by atoms with Crippen LogP contribution in [0.2, 0.25) is 0 Å². The molecule has 1 unspecified atom stereocenters. The Morgan fingerprint density at radius 3 is 1.64 bits per heavy atom. The average Bonchev–Trinajstić information content (AvgIpc) is 3.47. The number of aliphatic hydroxyl groups excluding tert-OH is 2. The number of nitrogens with one attached hydrogen (secondary N) is 1. The molecule has 188 valence electrons. The molecule has 0 spiro atoms. The maximum absolute atomic E-state index is 11.2. The van der Waals surface area contributed by atoms with E-state index in [1.165, 1.54) is 0 Å². The van der Waals surface area contributed by atoms with E-state index in [1.807, 2.05) is 91.0 Å². The van der Waals surface area contributed by atoms with Crippen LogP contribution < -0.4 is 0 Å². The van der Waals surface area contributed by atoms with Crippen LogP contribution in [0, 0.1) is 0 Å². The van der Waals surface area contributed by atoms with Crippen molar-refractivity contribution in [3.8, 4) is 0 Å². The van der Waals surface area contributed by atoms with Crippen molar-refractivity contribution in [3.05, 3.63) is 126 Å². The summed E-state index contributed by atoms with van der Waals surface area (Å²) in [5, 5.41) is 29.2. The fourth-order valence-corrected chi connectivity index (χ4v) is 3.90. The molecule has 0 fully saturated rings. The first-order chi connectivity index (χ1) is 17.7. The van der Waals surface area contributed by atoms with E-state index in [4.69, 9.17) is 14.2 Å². The van der Waals surface area contributed by atoms with Gasteiger partial charge in [-0.25, -0.2) is 0 Å². The molecular weight excluding hydrogens is 456 g/mol. The SMILES string of the molecule is OC(c1ccn[nH]1)[C@H](OCc1ccccc1)[C@H](OCc1ccccc1)[C@H](O)COCc1ccccc1. The Kier molecular flexibility index (Phi) is 9.78. The molecule has 7 nitrogen and oxygen atoms in total.